The maximum atomic E-state index is 13.6. The van der Waals surface area contributed by atoms with Gasteiger partial charge in [0.15, 0.2) is 17.7 Å². The van der Waals surface area contributed by atoms with Crippen molar-refractivity contribution in [2.45, 2.75) is 20.0 Å². The van der Waals surface area contributed by atoms with Gasteiger partial charge in [0.25, 0.3) is 5.91 Å². The van der Waals surface area contributed by atoms with Crippen LogP contribution in [0.4, 0.5) is 15.8 Å². The summed E-state index contributed by atoms with van der Waals surface area (Å²) < 4.78 is 19.0. The van der Waals surface area contributed by atoms with Gasteiger partial charge in [-0.25, -0.2) is 4.39 Å². The van der Waals surface area contributed by atoms with Crippen LogP contribution in [0.25, 0.3) is 0 Å². The Balaban J connectivity index is 2.04. The molecule has 1 atom stereocenters. The zero-order valence-electron chi connectivity index (χ0n) is 11.9. The van der Waals surface area contributed by atoms with E-state index in [1.54, 1.807) is 43.3 Å². The first-order valence-electron chi connectivity index (χ1n) is 6.55. The predicted octanol–water partition coefficient (Wildman–Crippen LogP) is 3.12. The average molecular weight is 288 g/mol. The lowest BCUT2D eigenvalue weighted by atomic mass is 10.2. The molecule has 0 heterocycles. The lowest BCUT2D eigenvalue weighted by Crippen LogP contribution is -2.30. The minimum absolute atomic E-state index is 0.0604. The summed E-state index contributed by atoms with van der Waals surface area (Å²) in [5, 5.41) is 2.67. The van der Waals surface area contributed by atoms with Gasteiger partial charge in [-0.2, -0.15) is 0 Å². The van der Waals surface area contributed by atoms with Crippen LogP contribution < -0.4 is 15.8 Å². The van der Waals surface area contributed by atoms with Gasteiger partial charge in [-0.05, 0) is 49.7 Å². The van der Waals surface area contributed by atoms with Crippen molar-refractivity contribution in [2.75, 3.05) is 11.1 Å². The fourth-order valence-corrected chi connectivity index (χ4v) is 1.81. The monoisotopic (exact) mass is 288 g/mol. The lowest BCUT2D eigenvalue weighted by Gasteiger charge is -2.15. The first-order chi connectivity index (χ1) is 9.95. The van der Waals surface area contributed by atoms with Crippen LogP contribution in [0.1, 0.15) is 12.5 Å². The van der Waals surface area contributed by atoms with E-state index in [1.807, 2.05) is 6.92 Å². The first kappa shape index (κ1) is 14.8. The Hall–Kier alpha value is -2.56. The second kappa shape index (κ2) is 6.26. The minimum Gasteiger partial charge on any atom is -0.478 e. The summed E-state index contributed by atoms with van der Waals surface area (Å²) in [6, 6.07) is 11.3. The van der Waals surface area contributed by atoms with E-state index < -0.39 is 11.9 Å². The normalized spacial score (nSPS) is 11.8. The molecule has 0 fully saturated rings. The third-order valence-corrected chi connectivity index (χ3v) is 2.91. The Bertz CT molecular complexity index is 658. The molecule has 5 heteroatoms. The molecular formula is C16H17FN2O2. The number of halogens is 1. The van der Waals surface area contributed by atoms with E-state index in [1.165, 1.54) is 6.07 Å². The van der Waals surface area contributed by atoms with Crippen LogP contribution in [0, 0.1) is 12.7 Å². The number of amides is 1. The smallest absolute Gasteiger partial charge is 0.265 e. The molecule has 2 aromatic rings. The standard InChI is InChI=1S/C16H17FN2O2/c1-10-6-7-14(17)15(8-10)21-11(2)16(20)19-13-5-3-4-12(18)9-13/h3-9,11H,18H2,1-2H3,(H,19,20). The molecule has 1 unspecified atom stereocenters. The van der Waals surface area contributed by atoms with Crippen molar-refractivity contribution in [3.8, 4) is 5.75 Å². The topological polar surface area (TPSA) is 64.3 Å². The second-order valence-electron chi connectivity index (χ2n) is 4.81. The van der Waals surface area contributed by atoms with Crippen molar-refractivity contribution in [1.82, 2.24) is 0 Å². The average Bonchev–Trinajstić information content (AvgIpc) is 2.43. The number of nitrogens with one attached hydrogen (secondary N) is 1. The Morgan fingerprint density at radius 1 is 1.29 bits per heavy atom. The Kier molecular flexibility index (Phi) is 4.42. The summed E-state index contributed by atoms with van der Waals surface area (Å²) >= 11 is 0. The van der Waals surface area contributed by atoms with Gasteiger partial charge in [0.1, 0.15) is 0 Å². The Morgan fingerprint density at radius 2 is 2.05 bits per heavy atom. The van der Waals surface area contributed by atoms with Crippen LogP contribution >= 0.6 is 0 Å². The van der Waals surface area contributed by atoms with Gasteiger partial charge in [0, 0.05) is 11.4 Å². The first-order valence-corrected chi connectivity index (χ1v) is 6.55. The van der Waals surface area contributed by atoms with Gasteiger partial charge >= 0.3 is 0 Å². The number of hydrogen-bond acceptors (Lipinski definition) is 3. The fraction of sp³-hybridized carbons (Fsp3) is 0.188. The van der Waals surface area contributed by atoms with Gasteiger partial charge < -0.3 is 15.8 Å². The number of carbonyl (C=O) groups excluding carboxylic acids is 1. The van der Waals surface area contributed by atoms with E-state index in [4.69, 9.17) is 10.5 Å². The molecule has 0 saturated carbocycles. The molecule has 0 aromatic heterocycles. The van der Waals surface area contributed by atoms with Crippen molar-refractivity contribution in [3.63, 3.8) is 0 Å². The van der Waals surface area contributed by atoms with E-state index in [9.17, 15) is 9.18 Å². The number of hydrogen-bond donors (Lipinski definition) is 2. The maximum Gasteiger partial charge on any atom is 0.265 e. The van der Waals surface area contributed by atoms with E-state index >= 15 is 0 Å². The Labute approximate surface area is 122 Å². The minimum atomic E-state index is -0.831. The summed E-state index contributed by atoms with van der Waals surface area (Å²) in [7, 11) is 0. The molecule has 21 heavy (non-hydrogen) atoms. The zero-order valence-corrected chi connectivity index (χ0v) is 11.9. The van der Waals surface area contributed by atoms with Crippen LogP contribution in [0.15, 0.2) is 42.5 Å². The summed E-state index contributed by atoms with van der Waals surface area (Å²) in [4.78, 5) is 12.0. The van der Waals surface area contributed by atoms with Crippen LogP contribution in [0.5, 0.6) is 5.75 Å². The van der Waals surface area contributed by atoms with E-state index in [2.05, 4.69) is 5.32 Å². The molecule has 0 aliphatic heterocycles. The number of ether oxygens (including phenoxy) is 1. The van der Waals surface area contributed by atoms with Gasteiger partial charge in [-0.15, -0.1) is 0 Å². The van der Waals surface area contributed by atoms with Crippen LogP contribution in [0.2, 0.25) is 0 Å². The van der Waals surface area contributed by atoms with Gasteiger partial charge in [0.2, 0.25) is 0 Å². The summed E-state index contributed by atoms with van der Waals surface area (Å²) in [6.07, 6.45) is -0.831. The van der Waals surface area contributed by atoms with E-state index in [0.29, 0.717) is 11.4 Å². The van der Waals surface area contributed by atoms with Crippen molar-refractivity contribution in [1.29, 1.82) is 0 Å². The highest BCUT2D eigenvalue weighted by Crippen LogP contribution is 2.20. The SMILES string of the molecule is Cc1ccc(F)c(OC(C)C(=O)Nc2cccc(N)c2)c1. The molecule has 0 spiro atoms. The van der Waals surface area contributed by atoms with Crippen LogP contribution in [-0.4, -0.2) is 12.0 Å². The van der Waals surface area contributed by atoms with Crippen molar-refractivity contribution in [2.24, 2.45) is 0 Å². The molecule has 4 nitrogen and oxygen atoms in total. The van der Waals surface area contributed by atoms with Gasteiger partial charge in [-0.1, -0.05) is 12.1 Å². The quantitative estimate of drug-likeness (QED) is 0.850. The van der Waals surface area contributed by atoms with E-state index in [-0.39, 0.29) is 11.7 Å². The molecule has 2 aromatic carbocycles. The molecule has 1 amide bonds. The highest BCUT2D eigenvalue weighted by atomic mass is 19.1. The molecule has 110 valence electrons. The number of nitrogens with two attached hydrogens (primary N) is 1. The molecule has 0 bridgehead atoms. The summed E-state index contributed by atoms with van der Waals surface area (Å²) in [5.74, 6) is -0.809. The number of rotatable bonds is 4. The highest BCUT2D eigenvalue weighted by molar-refractivity contribution is 5.94. The maximum absolute atomic E-state index is 13.6. The largest absolute Gasteiger partial charge is 0.478 e. The zero-order chi connectivity index (χ0) is 15.4. The molecule has 2 rings (SSSR count). The van der Waals surface area contributed by atoms with Gasteiger partial charge in [0.05, 0.1) is 0 Å². The molecule has 0 radical (unpaired) electrons. The molecule has 0 aliphatic carbocycles. The lowest BCUT2D eigenvalue weighted by molar-refractivity contribution is -0.122. The second-order valence-corrected chi connectivity index (χ2v) is 4.81. The fourth-order valence-electron chi connectivity index (χ4n) is 1.81. The highest BCUT2D eigenvalue weighted by Gasteiger charge is 2.17. The number of aryl methyl sites for hydroxylation is 1. The number of anilines is 2. The third kappa shape index (κ3) is 3.95. The summed E-state index contributed by atoms with van der Waals surface area (Å²) in [6.45, 7) is 3.38. The number of benzene rings is 2. The molecule has 0 aliphatic rings. The number of carbonyl (C=O) groups is 1. The molecular weight excluding hydrogens is 271 g/mol. The van der Waals surface area contributed by atoms with Crippen LogP contribution in [-0.2, 0) is 4.79 Å². The number of nitrogen functional groups attached to an aromatic ring is 1. The predicted molar refractivity (Wildman–Crippen MR) is 80.7 cm³/mol. The van der Waals surface area contributed by atoms with Crippen LogP contribution in [0.3, 0.4) is 0 Å². The third-order valence-electron chi connectivity index (χ3n) is 2.91. The molecule has 3 N–H and O–H groups in total. The van der Waals surface area contributed by atoms with Gasteiger partial charge in [-0.3, -0.25) is 4.79 Å². The van der Waals surface area contributed by atoms with Crippen molar-refractivity contribution >= 4 is 17.3 Å². The van der Waals surface area contributed by atoms with E-state index in [0.717, 1.165) is 5.56 Å². The summed E-state index contributed by atoms with van der Waals surface area (Å²) in [5.41, 5.74) is 7.61. The molecule has 0 saturated heterocycles. The Morgan fingerprint density at radius 3 is 2.76 bits per heavy atom. The van der Waals surface area contributed by atoms with Crippen molar-refractivity contribution < 1.29 is 13.9 Å². The van der Waals surface area contributed by atoms with Crippen molar-refractivity contribution in [3.05, 3.63) is 53.8 Å².